The van der Waals surface area contributed by atoms with Crippen molar-refractivity contribution in [2.75, 3.05) is 0 Å². The summed E-state index contributed by atoms with van der Waals surface area (Å²) in [6.07, 6.45) is 0. The van der Waals surface area contributed by atoms with Crippen molar-refractivity contribution in [1.82, 2.24) is 0 Å². The Morgan fingerprint density at radius 1 is 1.00 bits per heavy atom. The molecule has 0 bridgehead atoms. The molecule has 0 aliphatic carbocycles. The van der Waals surface area contributed by atoms with Crippen LogP contribution in [0, 0.1) is 0 Å². The zero-order valence-electron chi connectivity index (χ0n) is 10.4. The van der Waals surface area contributed by atoms with Gasteiger partial charge in [0.25, 0.3) is 0 Å². The number of nitrogens with two attached hydrogens (primary N) is 1. The van der Waals surface area contributed by atoms with Gasteiger partial charge < -0.3 is 10.8 Å². The van der Waals surface area contributed by atoms with Crippen LogP contribution in [-0.2, 0) is 10.3 Å². The van der Waals surface area contributed by atoms with Crippen molar-refractivity contribution >= 4 is 23.4 Å². The zero-order chi connectivity index (χ0) is 14.8. The maximum absolute atomic E-state index is 12.5. The van der Waals surface area contributed by atoms with E-state index < -0.39 is 17.3 Å². The summed E-state index contributed by atoms with van der Waals surface area (Å²) in [6.45, 7) is 0. The van der Waals surface area contributed by atoms with E-state index >= 15 is 0 Å². The summed E-state index contributed by atoms with van der Waals surface area (Å²) in [5.41, 5.74) is 4.20. The minimum Gasteiger partial charge on any atom is -0.479 e. The molecule has 3 N–H and O–H groups in total. The molecule has 0 spiro atoms. The van der Waals surface area contributed by atoms with E-state index in [1.54, 1.807) is 18.2 Å². The van der Waals surface area contributed by atoms with E-state index in [2.05, 4.69) is 0 Å². The Morgan fingerprint density at radius 3 is 2.05 bits per heavy atom. The van der Waals surface area contributed by atoms with Gasteiger partial charge in [-0.2, -0.15) is 0 Å². The molecule has 0 radical (unpaired) electrons. The van der Waals surface area contributed by atoms with Crippen LogP contribution in [0.1, 0.15) is 15.9 Å². The molecule has 0 aromatic heterocycles. The van der Waals surface area contributed by atoms with E-state index in [4.69, 9.17) is 17.3 Å². The van der Waals surface area contributed by atoms with Crippen molar-refractivity contribution in [3.63, 3.8) is 0 Å². The molecule has 4 nitrogen and oxygen atoms in total. The molecule has 0 aliphatic rings. The van der Waals surface area contributed by atoms with E-state index in [1.807, 2.05) is 0 Å². The molecule has 1 atom stereocenters. The number of benzene rings is 2. The van der Waals surface area contributed by atoms with Gasteiger partial charge in [0.15, 0.2) is 5.78 Å². The Bertz CT molecular complexity index is 640. The van der Waals surface area contributed by atoms with Crippen molar-refractivity contribution in [2.24, 2.45) is 5.73 Å². The first kappa shape index (κ1) is 14.2. The molecule has 2 rings (SSSR count). The third-order valence-corrected chi connectivity index (χ3v) is 3.28. The largest absolute Gasteiger partial charge is 0.479 e. The molecule has 20 heavy (non-hydrogen) atoms. The predicted octanol–water partition coefficient (Wildman–Crippen LogP) is 2.46. The fourth-order valence-corrected chi connectivity index (χ4v) is 2.01. The molecule has 2 aromatic rings. The van der Waals surface area contributed by atoms with Crippen LogP contribution < -0.4 is 5.73 Å². The van der Waals surface area contributed by atoms with E-state index in [0.29, 0.717) is 5.02 Å². The van der Waals surface area contributed by atoms with Gasteiger partial charge in [-0.05, 0) is 29.8 Å². The number of carbonyl (C=O) groups is 2. The summed E-state index contributed by atoms with van der Waals surface area (Å²) >= 11 is 5.75. The molecule has 0 aliphatic heterocycles. The van der Waals surface area contributed by atoms with Crippen molar-refractivity contribution in [2.45, 2.75) is 5.54 Å². The number of carbonyl (C=O) groups excluding carboxylic acids is 1. The summed E-state index contributed by atoms with van der Waals surface area (Å²) in [7, 11) is 0. The van der Waals surface area contributed by atoms with Crippen molar-refractivity contribution in [3.05, 3.63) is 70.7 Å². The highest BCUT2D eigenvalue weighted by Gasteiger charge is 2.44. The average molecular weight is 290 g/mol. The number of Topliss-reactive ketones (excluding diaryl/α,β-unsaturated/α-hetero) is 1. The van der Waals surface area contributed by atoms with Gasteiger partial charge >= 0.3 is 5.97 Å². The molecule has 5 heteroatoms. The highest BCUT2D eigenvalue weighted by molar-refractivity contribution is 6.30. The minimum absolute atomic E-state index is 0.197. The van der Waals surface area contributed by atoms with Crippen LogP contribution in [0.2, 0.25) is 5.02 Å². The molecule has 102 valence electrons. The van der Waals surface area contributed by atoms with E-state index in [0.717, 1.165) is 0 Å². The highest BCUT2D eigenvalue weighted by Crippen LogP contribution is 2.24. The SMILES string of the molecule is NC(C(=O)O)(C(=O)c1ccc(Cl)cc1)c1ccccc1. The van der Waals surface area contributed by atoms with Gasteiger partial charge in [-0.25, -0.2) is 4.79 Å². The smallest absolute Gasteiger partial charge is 0.336 e. The Balaban J connectivity index is 2.51. The normalized spacial score (nSPS) is 13.5. The third kappa shape index (κ3) is 2.43. The monoisotopic (exact) mass is 289 g/mol. The second kappa shape index (κ2) is 5.45. The average Bonchev–Trinajstić information content (AvgIpc) is 2.47. The molecule has 0 saturated carbocycles. The quantitative estimate of drug-likeness (QED) is 0.669. The van der Waals surface area contributed by atoms with E-state index in [1.165, 1.54) is 36.4 Å². The number of halogens is 1. The van der Waals surface area contributed by atoms with E-state index in [9.17, 15) is 14.7 Å². The second-order valence-electron chi connectivity index (χ2n) is 4.32. The lowest BCUT2D eigenvalue weighted by atomic mass is 9.83. The second-order valence-corrected chi connectivity index (χ2v) is 4.75. The standard InChI is InChI=1S/C15H12ClNO3/c16-12-8-6-10(7-9-12)13(18)15(17,14(19)20)11-4-2-1-3-5-11/h1-9H,17H2,(H,19,20). The summed E-state index contributed by atoms with van der Waals surface area (Å²) in [5.74, 6) is -2.09. The Morgan fingerprint density at radius 2 is 1.55 bits per heavy atom. The van der Waals surface area contributed by atoms with Crippen LogP contribution in [0.15, 0.2) is 54.6 Å². The van der Waals surface area contributed by atoms with Crippen molar-refractivity contribution < 1.29 is 14.7 Å². The topological polar surface area (TPSA) is 80.4 Å². The highest BCUT2D eigenvalue weighted by atomic mass is 35.5. The van der Waals surface area contributed by atoms with E-state index in [-0.39, 0.29) is 11.1 Å². The summed E-state index contributed by atoms with van der Waals surface area (Å²) in [4.78, 5) is 24.0. The first-order valence-electron chi connectivity index (χ1n) is 5.84. The molecular weight excluding hydrogens is 278 g/mol. The summed E-state index contributed by atoms with van der Waals surface area (Å²) in [6, 6.07) is 14.0. The molecule has 0 saturated heterocycles. The maximum Gasteiger partial charge on any atom is 0.336 e. The fraction of sp³-hybridized carbons (Fsp3) is 0.0667. The first-order valence-corrected chi connectivity index (χ1v) is 6.22. The lowest BCUT2D eigenvalue weighted by Crippen LogP contribution is -2.51. The number of ketones is 1. The lowest BCUT2D eigenvalue weighted by molar-refractivity contribution is -0.141. The van der Waals surface area contributed by atoms with Gasteiger partial charge in [-0.3, -0.25) is 4.79 Å². The molecule has 0 fully saturated rings. The third-order valence-electron chi connectivity index (χ3n) is 3.03. The number of hydrogen-bond acceptors (Lipinski definition) is 3. The van der Waals surface area contributed by atoms with Crippen LogP contribution in [0.3, 0.4) is 0 Å². The number of hydrogen-bond donors (Lipinski definition) is 2. The van der Waals surface area contributed by atoms with Crippen LogP contribution in [-0.4, -0.2) is 16.9 Å². The molecule has 0 heterocycles. The maximum atomic E-state index is 12.5. The van der Waals surface area contributed by atoms with Gasteiger partial charge in [0.1, 0.15) is 0 Å². The van der Waals surface area contributed by atoms with Crippen molar-refractivity contribution in [3.8, 4) is 0 Å². The summed E-state index contributed by atoms with van der Waals surface area (Å²) in [5, 5.41) is 9.86. The van der Waals surface area contributed by atoms with Gasteiger partial charge in [0.05, 0.1) is 0 Å². The van der Waals surface area contributed by atoms with Gasteiger partial charge in [0, 0.05) is 10.6 Å². The number of carboxylic acid groups (broad SMARTS) is 1. The number of rotatable bonds is 4. The Hall–Kier alpha value is -2.17. The molecule has 1 unspecified atom stereocenters. The first-order chi connectivity index (χ1) is 9.46. The fourth-order valence-electron chi connectivity index (χ4n) is 1.88. The van der Waals surface area contributed by atoms with Crippen LogP contribution in [0.25, 0.3) is 0 Å². The summed E-state index contributed by atoms with van der Waals surface area (Å²) < 4.78 is 0. The van der Waals surface area contributed by atoms with Crippen LogP contribution in [0.4, 0.5) is 0 Å². The van der Waals surface area contributed by atoms with Gasteiger partial charge in [-0.1, -0.05) is 41.9 Å². The van der Waals surface area contributed by atoms with Gasteiger partial charge in [-0.15, -0.1) is 0 Å². The Labute approximate surface area is 120 Å². The molecular formula is C15H12ClNO3. The molecule has 2 aromatic carbocycles. The predicted molar refractivity (Wildman–Crippen MR) is 75.7 cm³/mol. The van der Waals surface area contributed by atoms with Crippen molar-refractivity contribution in [1.29, 1.82) is 0 Å². The number of aliphatic carboxylic acids is 1. The zero-order valence-corrected chi connectivity index (χ0v) is 11.2. The minimum atomic E-state index is -2.12. The van der Waals surface area contributed by atoms with Gasteiger partial charge in [0.2, 0.25) is 5.54 Å². The van der Waals surface area contributed by atoms with Crippen LogP contribution in [0.5, 0.6) is 0 Å². The van der Waals surface area contributed by atoms with Crippen LogP contribution >= 0.6 is 11.6 Å². The molecule has 0 amide bonds. The lowest BCUT2D eigenvalue weighted by Gasteiger charge is -2.23. The number of carboxylic acids is 1. The Kier molecular flexibility index (Phi) is 3.88.